The van der Waals surface area contributed by atoms with E-state index in [4.69, 9.17) is 0 Å². The minimum absolute atomic E-state index is 0.120. The number of carbonyl (C=O) groups is 1. The van der Waals surface area contributed by atoms with Gasteiger partial charge in [-0.05, 0) is 42.2 Å². The Morgan fingerprint density at radius 3 is 2.47 bits per heavy atom. The maximum atomic E-state index is 12.4. The summed E-state index contributed by atoms with van der Waals surface area (Å²) in [4.78, 5) is 12.4. The standard InChI is InChI=1S/C17H14O2/c18-15-9-5-12(6-10-15)11-14-8-7-13-3-1-2-4-16(13)17(14)19/h1-6,9-11,18H,7-8H2. The predicted molar refractivity (Wildman–Crippen MR) is 75.2 cm³/mol. The van der Waals surface area contributed by atoms with E-state index in [-0.39, 0.29) is 11.5 Å². The molecule has 0 saturated carbocycles. The lowest BCUT2D eigenvalue weighted by Crippen LogP contribution is -2.13. The number of phenolic OH excluding ortho intramolecular Hbond substituents is 1. The van der Waals surface area contributed by atoms with E-state index in [1.54, 1.807) is 12.1 Å². The molecule has 0 aliphatic heterocycles. The summed E-state index contributed by atoms with van der Waals surface area (Å²) in [6, 6.07) is 14.7. The number of hydrogen-bond acceptors (Lipinski definition) is 2. The van der Waals surface area contributed by atoms with Gasteiger partial charge in [-0.15, -0.1) is 0 Å². The second-order valence-electron chi connectivity index (χ2n) is 4.75. The van der Waals surface area contributed by atoms with Crippen molar-refractivity contribution in [3.63, 3.8) is 0 Å². The minimum atomic E-state index is 0.120. The van der Waals surface area contributed by atoms with Crippen LogP contribution in [0, 0.1) is 0 Å². The predicted octanol–water partition coefficient (Wildman–Crippen LogP) is 3.60. The molecule has 1 N–H and O–H groups in total. The van der Waals surface area contributed by atoms with Gasteiger partial charge in [-0.25, -0.2) is 0 Å². The van der Waals surface area contributed by atoms with E-state index in [1.165, 1.54) is 0 Å². The number of hydrogen-bond donors (Lipinski definition) is 1. The summed E-state index contributed by atoms with van der Waals surface area (Å²) >= 11 is 0. The number of allylic oxidation sites excluding steroid dienone is 1. The smallest absolute Gasteiger partial charge is 0.189 e. The number of carbonyl (C=O) groups excluding carboxylic acids is 1. The van der Waals surface area contributed by atoms with Gasteiger partial charge >= 0.3 is 0 Å². The van der Waals surface area contributed by atoms with Crippen LogP contribution >= 0.6 is 0 Å². The normalized spacial score (nSPS) is 16.4. The number of aryl methyl sites for hydroxylation is 1. The number of fused-ring (bicyclic) bond motifs is 1. The third-order valence-corrected chi connectivity index (χ3v) is 3.45. The Balaban J connectivity index is 1.96. The molecule has 0 fully saturated rings. The lowest BCUT2D eigenvalue weighted by Gasteiger charge is -2.17. The highest BCUT2D eigenvalue weighted by molar-refractivity contribution is 6.13. The SMILES string of the molecule is O=C1C(=Cc2ccc(O)cc2)CCc2ccccc21. The van der Waals surface area contributed by atoms with E-state index >= 15 is 0 Å². The van der Waals surface area contributed by atoms with Gasteiger partial charge in [0.25, 0.3) is 0 Å². The Morgan fingerprint density at radius 1 is 0.947 bits per heavy atom. The van der Waals surface area contributed by atoms with Gasteiger partial charge in [0, 0.05) is 11.1 Å². The largest absolute Gasteiger partial charge is 0.508 e. The Morgan fingerprint density at radius 2 is 1.68 bits per heavy atom. The summed E-state index contributed by atoms with van der Waals surface area (Å²) in [5, 5.41) is 9.26. The highest BCUT2D eigenvalue weighted by atomic mass is 16.3. The molecule has 1 aliphatic carbocycles. The summed E-state index contributed by atoms with van der Waals surface area (Å²) in [5.74, 6) is 0.359. The summed E-state index contributed by atoms with van der Waals surface area (Å²) in [6.45, 7) is 0. The van der Waals surface area contributed by atoms with Gasteiger partial charge in [-0.2, -0.15) is 0 Å². The molecule has 19 heavy (non-hydrogen) atoms. The van der Waals surface area contributed by atoms with Crippen molar-refractivity contribution in [2.75, 3.05) is 0 Å². The van der Waals surface area contributed by atoms with Gasteiger partial charge in [-0.3, -0.25) is 4.79 Å². The fraction of sp³-hybridized carbons (Fsp3) is 0.118. The average molecular weight is 250 g/mol. The first-order valence-corrected chi connectivity index (χ1v) is 6.36. The van der Waals surface area contributed by atoms with Crippen molar-refractivity contribution in [1.82, 2.24) is 0 Å². The van der Waals surface area contributed by atoms with Crippen molar-refractivity contribution in [3.05, 3.63) is 70.8 Å². The number of aromatic hydroxyl groups is 1. The first kappa shape index (κ1) is 11.7. The molecule has 0 heterocycles. The van der Waals surface area contributed by atoms with Crippen LogP contribution in [0.15, 0.2) is 54.1 Å². The molecule has 0 saturated heterocycles. The van der Waals surface area contributed by atoms with Crippen LogP contribution in [0.1, 0.15) is 27.9 Å². The van der Waals surface area contributed by atoms with Crippen molar-refractivity contribution in [3.8, 4) is 5.75 Å². The zero-order valence-electron chi connectivity index (χ0n) is 10.5. The number of phenols is 1. The minimum Gasteiger partial charge on any atom is -0.508 e. The van der Waals surface area contributed by atoms with Crippen LogP contribution in [-0.2, 0) is 6.42 Å². The van der Waals surface area contributed by atoms with Gasteiger partial charge < -0.3 is 5.11 Å². The fourth-order valence-corrected chi connectivity index (χ4v) is 2.43. The molecule has 2 nitrogen and oxygen atoms in total. The molecule has 94 valence electrons. The Bertz CT molecular complexity index is 651. The van der Waals surface area contributed by atoms with Crippen LogP contribution in [0.4, 0.5) is 0 Å². The van der Waals surface area contributed by atoms with E-state index in [9.17, 15) is 9.90 Å². The van der Waals surface area contributed by atoms with E-state index in [0.717, 1.165) is 35.1 Å². The zero-order valence-corrected chi connectivity index (χ0v) is 10.5. The van der Waals surface area contributed by atoms with E-state index in [0.29, 0.717) is 0 Å². The second kappa shape index (κ2) is 4.73. The molecule has 2 aromatic carbocycles. The molecule has 0 spiro atoms. The topological polar surface area (TPSA) is 37.3 Å². The number of Topliss-reactive ketones (excluding diaryl/α,β-unsaturated/α-hetero) is 1. The molecule has 2 aromatic rings. The molecule has 0 atom stereocenters. The first-order valence-electron chi connectivity index (χ1n) is 6.36. The molecular weight excluding hydrogens is 236 g/mol. The van der Waals surface area contributed by atoms with Gasteiger partial charge in [0.15, 0.2) is 5.78 Å². The van der Waals surface area contributed by atoms with Crippen LogP contribution in [-0.4, -0.2) is 10.9 Å². The average Bonchev–Trinajstić information content (AvgIpc) is 2.45. The molecule has 0 amide bonds. The van der Waals surface area contributed by atoms with Gasteiger partial charge in [0.2, 0.25) is 0 Å². The Kier molecular flexibility index (Phi) is 2.92. The summed E-state index contributed by atoms with van der Waals surface area (Å²) in [5.41, 5.74) is 3.74. The maximum Gasteiger partial charge on any atom is 0.189 e. The fourth-order valence-electron chi connectivity index (χ4n) is 2.43. The first-order chi connectivity index (χ1) is 9.24. The molecular formula is C17H14O2. The lowest BCUT2D eigenvalue weighted by atomic mass is 9.86. The summed E-state index contributed by atoms with van der Waals surface area (Å²) in [7, 11) is 0. The summed E-state index contributed by atoms with van der Waals surface area (Å²) in [6.07, 6.45) is 3.60. The maximum absolute atomic E-state index is 12.4. The van der Waals surface area contributed by atoms with Gasteiger partial charge in [0.1, 0.15) is 5.75 Å². The van der Waals surface area contributed by atoms with Crippen LogP contribution < -0.4 is 0 Å². The van der Waals surface area contributed by atoms with Crippen LogP contribution in [0.5, 0.6) is 5.75 Å². The van der Waals surface area contributed by atoms with Crippen molar-refractivity contribution in [1.29, 1.82) is 0 Å². The quantitative estimate of drug-likeness (QED) is 0.785. The van der Waals surface area contributed by atoms with E-state index in [1.807, 2.05) is 42.5 Å². The van der Waals surface area contributed by atoms with Crippen LogP contribution in [0.2, 0.25) is 0 Å². The molecule has 0 bridgehead atoms. The number of ketones is 1. The number of benzene rings is 2. The van der Waals surface area contributed by atoms with E-state index < -0.39 is 0 Å². The van der Waals surface area contributed by atoms with Crippen molar-refractivity contribution < 1.29 is 9.90 Å². The number of rotatable bonds is 1. The van der Waals surface area contributed by atoms with Crippen molar-refractivity contribution in [2.45, 2.75) is 12.8 Å². The highest BCUT2D eigenvalue weighted by Crippen LogP contribution is 2.26. The summed E-state index contributed by atoms with van der Waals surface area (Å²) < 4.78 is 0. The van der Waals surface area contributed by atoms with E-state index in [2.05, 4.69) is 0 Å². The lowest BCUT2D eigenvalue weighted by molar-refractivity contribution is 0.102. The molecule has 0 aromatic heterocycles. The zero-order chi connectivity index (χ0) is 13.2. The van der Waals surface area contributed by atoms with Crippen LogP contribution in [0.25, 0.3) is 6.08 Å². The van der Waals surface area contributed by atoms with Crippen LogP contribution in [0.3, 0.4) is 0 Å². The van der Waals surface area contributed by atoms with Gasteiger partial charge in [-0.1, -0.05) is 36.4 Å². The molecule has 1 aliphatic rings. The Labute approximate surface area is 112 Å². The Hall–Kier alpha value is -2.35. The monoisotopic (exact) mass is 250 g/mol. The molecule has 2 heteroatoms. The molecule has 3 rings (SSSR count). The highest BCUT2D eigenvalue weighted by Gasteiger charge is 2.20. The van der Waals surface area contributed by atoms with Crippen molar-refractivity contribution in [2.24, 2.45) is 0 Å². The third-order valence-electron chi connectivity index (χ3n) is 3.45. The molecule has 0 radical (unpaired) electrons. The molecule has 0 unspecified atom stereocenters. The second-order valence-corrected chi connectivity index (χ2v) is 4.75. The third kappa shape index (κ3) is 2.29. The van der Waals surface area contributed by atoms with Gasteiger partial charge in [0.05, 0.1) is 0 Å². The van der Waals surface area contributed by atoms with Crippen molar-refractivity contribution >= 4 is 11.9 Å².